The highest BCUT2D eigenvalue weighted by Crippen LogP contribution is 2.08. The zero-order valence-corrected chi connectivity index (χ0v) is 10.3. The van der Waals surface area contributed by atoms with Crippen LogP contribution in [0.1, 0.15) is 32.8 Å². The normalized spacial score (nSPS) is 12.5. The topological polar surface area (TPSA) is 26.3 Å². The van der Waals surface area contributed by atoms with E-state index in [0.29, 0.717) is 12.3 Å². The molecule has 0 amide bonds. The molecule has 0 saturated carbocycles. The first kappa shape index (κ1) is 12.8. The first-order valence-corrected chi connectivity index (χ1v) is 5.83. The van der Waals surface area contributed by atoms with E-state index in [2.05, 4.69) is 13.8 Å². The molecule has 2 nitrogen and oxygen atoms in total. The van der Waals surface area contributed by atoms with Crippen LogP contribution in [0.15, 0.2) is 30.3 Å². The van der Waals surface area contributed by atoms with Gasteiger partial charge in [0.05, 0.1) is 0 Å². The van der Waals surface area contributed by atoms with Crippen LogP contribution in [-0.2, 0) is 16.0 Å². The smallest absolute Gasteiger partial charge is 0.306 e. The summed E-state index contributed by atoms with van der Waals surface area (Å²) in [6, 6.07) is 10.00. The molecule has 1 unspecified atom stereocenters. The molecule has 0 aromatic heterocycles. The average molecular weight is 220 g/mol. The quantitative estimate of drug-likeness (QED) is 0.712. The lowest BCUT2D eigenvalue weighted by Crippen LogP contribution is -2.20. The van der Waals surface area contributed by atoms with Crippen LogP contribution in [0.25, 0.3) is 0 Å². The number of aryl methyl sites for hydroxylation is 1. The van der Waals surface area contributed by atoms with Crippen molar-refractivity contribution in [3.63, 3.8) is 0 Å². The minimum Gasteiger partial charge on any atom is -0.462 e. The lowest BCUT2D eigenvalue weighted by atomic mass is 10.1. The van der Waals surface area contributed by atoms with E-state index >= 15 is 0 Å². The summed E-state index contributed by atoms with van der Waals surface area (Å²) < 4.78 is 5.29. The van der Waals surface area contributed by atoms with Gasteiger partial charge in [-0.3, -0.25) is 4.79 Å². The molecule has 1 atom stereocenters. The van der Waals surface area contributed by atoms with E-state index in [1.807, 2.05) is 37.3 Å². The van der Waals surface area contributed by atoms with Crippen LogP contribution < -0.4 is 0 Å². The molecule has 1 aromatic carbocycles. The Balaban J connectivity index is 2.31. The van der Waals surface area contributed by atoms with Gasteiger partial charge in [-0.1, -0.05) is 44.2 Å². The monoisotopic (exact) mass is 220 g/mol. The molecule has 88 valence electrons. The fraction of sp³-hybridized carbons (Fsp3) is 0.500. The van der Waals surface area contributed by atoms with Crippen molar-refractivity contribution in [3.05, 3.63) is 35.9 Å². The third-order valence-corrected chi connectivity index (χ3v) is 2.72. The third-order valence-electron chi connectivity index (χ3n) is 2.72. The van der Waals surface area contributed by atoms with Crippen LogP contribution in [0.5, 0.6) is 0 Å². The maximum Gasteiger partial charge on any atom is 0.306 e. The summed E-state index contributed by atoms with van der Waals surface area (Å²) in [5.74, 6) is 0.269. The van der Waals surface area contributed by atoms with E-state index in [-0.39, 0.29) is 12.1 Å². The number of esters is 1. The van der Waals surface area contributed by atoms with Crippen LogP contribution in [0, 0.1) is 5.92 Å². The summed E-state index contributed by atoms with van der Waals surface area (Å²) in [6.07, 6.45) is 1.22. The Hall–Kier alpha value is -1.31. The molecule has 1 rings (SSSR count). The largest absolute Gasteiger partial charge is 0.462 e. The fourth-order valence-electron chi connectivity index (χ4n) is 1.29. The molecule has 0 aliphatic rings. The number of rotatable bonds is 5. The van der Waals surface area contributed by atoms with Gasteiger partial charge in [0.2, 0.25) is 0 Å². The average Bonchev–Trinajstić information content (AvgIpc) is 2.27. The molecule has 0 saturated heterocycles. The van der Waals surface area contributed by atoms with Gasteiger partial charge >= 0.3 is 5.97 Å². The van der Waals surface area contributed by atoms with Gasteiger partial charge in [0.25, 0.3) is 0 Å². The van der Waals surface area contributed by atoms with E-state index in [9.17, 15) is 4.79 Å². The first-order valence-electron chi connectivity index (χ1n) is 5.83. The highest BCUT2D eigenvalue weighted by Gasteiger charge is 2.12. The summed E-state index contributed by atoms with van der Waals surface area (Å²) in [5.41, 5.74) is 1.18. The molecule has 0 aliphatic carbocycles. The molecule has 0 heterocycles. The van der Waals surface area contributed by atoms with Crippen molar-refractivity contribution in [2.24, 2.45) is 5.92 Å². The minimum atomic E-state index is -0.106. The highest BCUT2D eigenvalue weighted by molar-refractivity contribution is 5.69. The van der Waals surface area contributed by atoms with Crippen LogP contribution in [0.2, 0.25) is 0 Å². The molecule has 0 aliphatic heterocycles. The predicted molar refractivity (Wildman–Crippen MR) is 65.2 cm³/mol. The van der Waals surface area contributed by atoms with Crippen molar-refractivity contribution in [2.75, 3.05) is 0 Å². The number of benzene rings is 1. The molecule has 2 heteroatoms. The molecular formula is C14H20O2. The summed E-state index contributed by atoms with van der Waals surface area (Å²) in [7, 11) is 0. The Labute approximate surface area is 97.6 Å². The number of ether oxygens (including phenoxy) is 1. The van der Waals surface area contributed by atoms with Gasteiger partial charge in [0, 0.05) is 6.42 Å². The summed E-state index contributed by atoms with van der Waals surface area (Å²) in [5, 5.41) is 0. The first-order chi connectivity index (χ1) is 7.59. The summed E-state index contributed by atoms with van der Waals surface area (Å²) in [4.78, 5) is 11.5. The maximum atomic E-state index is 11.5. The minimum absolute atomic E-state index is 0.00303. The van der Waals surface area contributed by atoms with E-state index in [0.717, 1.165) is 6.42 Å². The maximum absolute atomic E-state index is 11.5. The van der Waals surface area contributed by atoms with Gasteiger partial charge in [-0.15, -0.1) is 0 Å². The summed E-state index contributed by atoms with van der Waals surface area (Å²) in [6.45, 7) is 6.04. The molecule has 0 spiro atoms. The molecule has 16 heavy (non-hydrogen) atoms. The van der Waals surface area contributed by atoms with E-state index in [1.165, 1.54) is 5.56 Å². The van der Waals surface area contributed by atoms with Crippen molar-refractivity contribution in [1.29, 1.82) is 0 Å². The van der Waals surface area contributed by atoms with Gasteiger partial charge in [-0.05, 0) is 24.8 Å². The number of hydrogen-bond acceptors (Lipinski definition) is 2. The van der Waals surface area contributed by atoms with E-state index in [1.54, 1.807) is 0 Å². The second-order valence-electron chi connectivity index (χ2n) is 4.42. The fourth-order valence-corrected chi connectivity index (χ4v) is 1.29. The highest BCUT2D eigenvalue weighted by atomic mass is 16.5. The third kappa shape index (κ3) is 4.47. The Bertz CT molecular complexity index is 317. The van der Waals surface area contributed by atoms with Crippen molar-refractivity contribution in [2.45, 2.75) is 39.7 Å². The summed E-state index contributed by atoms with van der Waals surface area (Å²) >= 11 is 0. The lowest BCUT2D eigenvalue weighted by molar-refractivity contribution is -0.150. The Morgan fingerprint density at radius 2 is 1.81 bits per heavy atom. The molecule has 0 bridgehead atoms. The zero-order valence-electron chi connectivity index (χ0n) is 10.3. The van der Waals surface area contributed by atoms with Gasteiger partial charge in [-0.2, -0.15) is 0 Å². The second kappa shape index (κ2) is 6.31. The molecule has 0 N–H and O–H groups in total. The number of hydrogen-bond donors (Lipinski definition) is 0. The molecular weight excluding hydrogens is 200 g/mol. The lowest BCUT2D eigenvalue weighted by Gasteiger charge is -2.16. The van der Waals surface area contributed by atoms with Crippen LogP contribution in [0.3, 0.4) is 0 Å². The number of carbonyl (C=O) groups is 1. The predicted octanol–water partition coefficient (Wildman–Crippen LogP) is 3.21. The zero-order chi connectivity index (χ0) is 12.0. The standard InChI is InChI=1S/C14H20O2/c1-11(2)12(3)16-14(15)10-9-13-7-5-4-6-8-13/h4-8,11-12H,9-10H2,1-3H3. The van der Waals surface area contributed by atoms with Gasteiger partial charge in [0.15, 0.2) is 0 Å². The number of carbonyl (C=O) groups excluding carboxylic acids is 1. The van der Waals surface area contributed by atoms with Crippen molar-refractivity contribution in [3.8, 4) is 0 Å². The van der Waals surface area contributed by atoms with Crippen LogP contribution in [-0.4, -0.2) is 12.1 Å². The van der Waals surface area contributed by atoms with Crippen molar-refractivity contribution < 1.29 is 9.53 Å². The molecule has 0 radical (unpaired) electrons. The Kier molecular flexibility index (Phi) is 5.03. The van der Waals surface area contributed by atoms with E-state index < -0.39 is 0 Å². The molecule has 0 fully saturated rings. The second-order valence-corrected chi connectivity index (χ2v) is 4.42. The van der Waals surface area contributed by atoms with Gasteiger partial charge in [-0.25, -0.2) is 0 Å². The van der Waals surface area contributed by atoms with Crippen molar-refractivity contribution >= 4 is 5.97 Å². The SMILES string of the molecule is CC(C)C(C)OC(=O)CCc1ccccc1. The van der Waals surface area contributed by atoms with Crippen LogP contribution >= 0.6 is 0 Å². The van der Waals surface area contributed by atoms with E-state index in [4.69, 9.17) is 4.74 Å². The molecule has 1 aromatic rings. The van der Waals surface area contributed by atoms with Gasteiger partial charge < -0.3 is 4.74 Å². The Morgan fingerprint density at radius 3 is 2.38 bits per heavy atom. The van der Waals surface area contributed by atoms with Crippen molar-refractivity contribution in [1.82, 2.24) is 0 Å². The Morgan fingerprint density at radius 1 is 1.19 bits per heavy atom. The van der Waals surface area contributed by atoms with Crippen LogP contribution in [0.4, 0.5) is 0 Å². The van der Waals surface area contributed by atoms with Gasteiger partial charge in [0.1, 0.15) is 6.10 Å².